The zero-order valence-electron chi connectivity index (χ0n) is 16.4. The second-order valence-electron chi connectivity index (χ2n) is 7.16. The maximum Gasteiger partial charge on any atom is 0.269 e. The maximum absolute atomic E-state index is 12.9. The van der Waals surface area contributed by atoms with Crippen LogP contribution in [0.15, 0.2) is 29.2 Å². The number of sulfone groups is 1. The number of nitrogens with one attached hydrogen (secondary N) is 1. The number of carbonyl (C=O) groups is 2. The lowest BCUT2D eigenvalue weighted by Gasteiger charge is -2.21. The Morgan fingerprint density at radius 2 is 1.71 bits per heavy atom. The van der Waals surface area contributed by atoms with Crippen molar-refractivity contribution in [3.63, 3.8) is 0 Å². The Labute approximate surface area is 165 Å². The van der Waals surface area contributed by atoms with Crippen LogP contribution in [0.5, 0.6) is 0 Å². The van der Waals surface area contributed by atoms with Crippen molar-refractivity contribution in [2.45, 2.75) is 49.2 Å². The number of hydrogen-bond donors (Lipinski definition) is 1. The van der Waals surface area contributed by atoms with Gasteiger partial charge in [-0.25, -0.2) is 13.4 Å². The number of nitrogens with zero attached hydrogens (tertiary/aromatic N) is 2. The van der Waals surface area contributed by atoms with E-state index in [0.717, 1.165) is 19.3 Å². The minimum atomic E-state index is -3.37. The first-order valence-corrected chi connectivity index (χ1v) is 11.0. The average Bonchev–Trinajstić information content (AvgIpc) is 3.05. The predicted molar refractivity (Wildman–Crippen MR) is 106 cm³/mol. The third kappa shape index (κ3) is 3.61. The standard InChI is InChI=1S/C20H25N3O4S/c1-13(24)19-22-17(18(23(19)3)20(25)21-2)14-9-11-16(12-10-14)28(26,27)15-7-5-4-6-8-15/h9-12,15H,4-8H2,1-3H3,(H,21,25). The van der Waals surface area contributed by atoms with Gasteiger partial charge in [-0.05, 0) is 25.0 Å². The van der Waals surface area contributed by atoms with Crippen molar-refractivity contribution in [2.75, 3.05) is 7.05 Å². The molecule has 0 bridgehead atoms. The third-order valence-electron chi connectivity index (χ3n) is 5.30. The normalized spacial score (nSPS) is 15.4. The van der Waals surface area contributed by atoms with Crippen molar-refractivity contribution in [1.82, 2.24) is 14.9 Å². The Balaban J connectivity index is 2.01. The Hall–Kier alpha value is -2.48. The highest BCUT2D eigenvalue weighted by atomic mass is 32.2. The summed E-state index contributed by atoms with van der Waals surface area (Å²) < 4.78 is 27.2. The summed E-state index contributed by atoms with van der Waals surface area (Å²) in [5.74, 6) is -0.445. The van der Waals surface area contributed by atoms with Crippen molar-refractivity contribution in [2.24, 2.45) is 7.05 Å². The van der Waals surface area contributed by atoms with Crippen LogP contribution in [0.2, 0.25) is 0 Å². The first-order valence-electron chi connectivity index (χ1n) is 9.41. The van der Waals surface area contributed by atoms with Gasteiger partial charge in [0, 0.05) is 26.6 Å². The summed E-state index contributed by atoms with van der Waals surface area (Å²) in [6.07, 6.45) is 4.38. The number of benzene rings is 1. The fourth-order valence-electron chi connectivity index (χ4n) is 3.76. The molecule has 1 aromatic carbocycles. The summed E-state index contributed by atoms with van der Waals surface area (Å²) in [7, 11) is -0.250. The van der Waals surface area contributed by atoms with Crippen LogP contribution in [-0.2, 0) is 16.9 Å². The van der Waals surface area contributed by atoms with Crippen molar-refractivity contribution >= 4 is 21.5 Å². The van der Waals surface area contributed by atoms with Crippen LogP contribution >= 0.6 is 0 Å². The SMILES string of the molecule is CNC(=O)c1c(-c2ccc(S(=O)(=O)C3CCCCC3)cc2)nc(C(C)=O)n1C. The molecule has 1 heterocycles. The van der Waals surface area contributed by atoms with Crippen LogP contribution in [0.4, 0.5) is 0 Å². The second-order valence-corrected chi connectivity index (χ2v) is 9.38. The summed E-state index contributed by atoms with van der Waals surface area (Å²) in [5.41, 5.74) is 1.20. The first-order chi connectivity index (χ1) is 13.3. The molecule has 0 radical (unpaired) electrons. The van der Waals surface area contributed by atoms with E-state index in [1.54, 1.807) is 31.3 Å². The number of amides is 1. The molecule has 1 amide bonds. The lowest BCUT2D eigenvalue weighted by molar-refractivity contribution is 0.0955. The molecule has 0 atom stereocenters. The zero-order chi connectivity index (χ0) is 20.5. The molecule has 2 aromatic rings. The smallest absolute Gasteiger partial charge is 0.269 e. The molecule has 0 unspecified atom stereocenters. The van der Waals surface area contributed by atoms with Crippen LogP contribution in [0.1, 0.15) is 60.1 Å². The molecule has 1 aliphatic rings. The molecule has 1 aromatic heterocycles. The van der Waals surface area contributed by atoms with Gasteiger partial charge in [-0.3, -0.25) is 9.59 Å². The highest BCUT2D eigenvalue weighted by Crippen LogP contribution is 2.30. The Morgan fingerprint density at radius 1 is 1.11 bits per heavy atom. The molecule has 0 spiro atoms. The highest BCUT2D eigenvalue weighted by Gasteiger charge is 2.29. The van der Waals surface area contributed by atoms with Gasteiger partial charge in [-0.15, -0.1) is 0 Å². The lowest BCUT2D eigenvalue weighted by Crippen LogP contribution is -2.24. The molecule has 3 rings (SSSR count). The van der Waals surface area contributed by atoms with Gasteiger partial charge in [0.2, 0.25) is 0 Å². The summed E-state index contributed by atoms with van der Waals surface area (Å²) >= 11 is 0. The van der Waals surface area contributed by atoms with E-state index in [-0.39, 0.29) is 33.4 Å². The molecule has 1 fully saturated rings. The average molecular weight is 404 g/mol. The number of rotatable bonds is 5. The Kier molecular flexibility index (Phi) is 5.69. The van der Waals surface area contributed by atoms with Gasteiger partial charge in [0.05, 0.1) is 10.1 Å². The van der Waals surface area contributed by atoms with Crippen LogP contribution in [0, 0.1) is 0 Å². The molecule has 0 saturated heterocycles. The van der Waals surface area contributed by atoms with Gasteiger partial charge >= 0.3 is 0 Å². The van der Waals surface area contributed by atoms with Crippen LogP contribution in [0.3, 0.4) is 0 Å². The minimum absolute atomic E-state index is 0.174. The first kappa shape index (κ1) is 20.3. The maximum atomic E-state index is 12.9. The van der Waals surface area contributed by atoms with Gasteiger partial charge in [0.1, 0.15) is 11.4 Å². The van der Waals surface area contributed by atoms with E-state index >= 15 is 0 Å². The molecule has 150 valence electrons. The molecule has 0 aliphatic heterocycles. The van der Waals surface area contributed by atoms with E-state index in [2.05, 4.69) is 10.3 Å². The second kappa shape index (κ2) is 7.87. The quantitative estimate of drug-likeness (QED) is 0.774. The number of ketones is 1. The molecule has 1 N–H and O–H groups in total. The lowest BCUT2D eigenvalue weighted by atomic mass is 10.0. The summed E-state index contributed by atoms with van der Waals surface area (Å²) in [4.78, 5) is 28.8. The van der Waals surface area contributed by atoms with E-state index in [0.29, 0.717) is 24.1 Å². The minimum Gasteiger partial charge on any atom is -0.354 e. The predicted octanol–water partition coefficient (Wildman–Crippen LogP) is 2.76. The van der Waals surface area contributed by atoms with Crippen LogP contribution in [0.25, 0.3) is 11.3 Å². The fraction of sp³-hybridized carbons (Fsp3) is 0.450. The number of Topliss-reactive ketones (excluding diaryl/α,β-unsaturated/α-hetero) is 1. The number of imidazole rings is 1. The molecule has 1 saturated carbocycles. The molecule has 7 nitrogen and oxygen atoms in total. The van der Waals surface area contributed by atoms with Crippen molar-refractivity contribution in [3.8, 4) is 11.3 Å². The molecular formula is C20H25N3O4S. The van der Waals surface area contributed by atoms with Gasteiger partial charge in [0.15, 0.2) is 21.4 Å². The monoisotopic (exact) mass is 403 g/mol. The van der Waals surface area contributed by atoms with Crippen LogP contribution in [-0.4, -0.2) is 42.0 Å². The Morgan fingerprint density at radius 3 is 2.25 bits per heavy atom. The number of carbonyl (C=O) groups excluding carboxylic acids is 2. The molecule has 28 heavy (non-hydrogen) atoms. The summed E-state index contributed by atoms with van der Waals surface area (Å²) in [5, 5.41) is 2.23. The van der Waals surface area contributed by atoms with Crippen molar-refractivity contribution in [1.29, 1.82) is 0 Å². The van der Waals surface area contributed by atoms with E-state index < -0.39 is 9.84 Å². The van der Waals surface area contributed by atoms with Gasteiger partial charge < -0.3 is 9.88 Å². The van der Waals surface area contributed by atoms with E-state index in [1.165, 1.54) is 18.5 Å². The van der Waals surface area contributed by atoms with E-state index in [9.17, 15) is 18.0 Å². The highest BCUT2D eigenvalue weighted by molar-refractivity contribution is 7.92. The third-order valence-corrected chi connectivity index (χ3v) is 7.58. The molecule has 8 heteroatoms. The topological polar surface area (TPSA) is 98.1 Å². The van der Waals surface area contributed by atoms with Crippen LogP contribution < -0.4 is 5.32 Å². The fourth-order valence-corrected chi connectivity index (χ4v) is 5.62. The van der Waals surface area contributed by atoms with Gasteiger partial charge in [-0.2, -0.15) is 0 Å². The summed E-state index contributed by atoms with van der Waals surface area (Å²) in [6, 6.07) is 6.42. The van der Waals surface area contributed by atoms with Crippen molar-refractivity contribution < 1.29 is 18.0 Å². The number of hydrogen-bond acceptors (Lipinski definition) is 5. The number of aromatic nitrogens is 2. The van der Waals surface area contributed by atoms with E-state index in [1.807, 2.05) is 0 Å². The zero-order valence-corrected chi connectivity index (χ0v) is 17.2. The van der Waals surface area contributed by atoms with E-state index in [4.69, 9.17) is 0 Å². The largest absolute Gasteiger partial charge is 0.354 e. The molecule has 1 aliphatic carbocycles. The van der Waals surface area contributed by atoms with Crippen molar-refractivity contribution in [3.05, 3.63) is 35.8 Å². The van der Waals surface area contributed by atoms with Gasteiger partial charge in [0.25, 0.3) is 5.91 Å². The Bertz CT molecular complexity index is 1000. The molecular weight excluding hydrogens is 378 g/mol. The van der Waals surface area contributed by atoms with Gasteiger partial charge in [-0.1, -0.05) is 31.4 Å². The summed E-state index contributed by atoms with van der Waals surface area (Å²) in [6.45, 7) is 1.39.